The van der Waals surface area contributed by atoms with Gasteiger partial charge in [0.2, 0.25) is 11.6 Å². The fraction of sp³-hybridized carbons (Fsp3) is 0.239. The SMILES string of the molecule is Cc1cc(Cl)c(C)cc1F.Cc1cc(F)c(C)c(C#N)c1.Cc1ccc(C)c(C#N)c1.Cc1ccc(C)c(F)n1.Cc1cnc(C)c(F)c1.[C-]#[N+]c1c(C)ccc(C)c1F.[C-]#[N+]c1cc(C)c(F)cc1C.[C-]#[N+]c1cc(C)ccc1C. The minimum absolute atomic E-state index is 0.144. The molecular formula is C67H66ClF6N7. The van der Waals surface area contributed by atoms with E-state index in [9.17, 15) is 26.3 Å². The van der Waals surface area contributed by atoms with E-state index in [2.05, 4.69) is 30.6 Å². The summed E-state index contributed by atoms with van der Waals surface area (Å²) in [6.45, 7) is 48.7. The van der Waals surface area contributed by atoms with Crippen LogP contribution in [-0.4, -0.2) is 9.97 Å². The Morgan fingerprint density at radius 1 is 0.420 bits per heavy atom. The molecule has 0 aliphatic carbocycles. The maximum Gasteiger partial charge on any atom is 0.225 e. The zero-order chi connectivity index (χ0) is 61.8. The molecule has 0 unspecified atom stereocenters. The molecular weight excluding hydrogens is 1050 g/mol. The van der Waals surface area contributed by atoms with Gasteiger partial charge in [0, 0.05) is 28.0 Å². The Labute approximate surface area is 480 Å². The Morgan fingerprint density at radius 2 is 0.901 bits per heavy atom. The quantitative estimate of drug-likeness (QED) is 0.0860. The summed E-state index contributed by atoms with van der Waals surface area (Å²) in [5.41, 5.74) is 14.7. The first kappa shape index (κ1) is 70.0. The third-order valence-electron chi connectivity index (χ3n) is 11.6. The standard InChI is InChI=1S/3C9H8FN.2C9H9N.C8H8ClF.2C7H8FN/c1-6-5-9(11-3)7(2)4-8(6)10;1-6-3-8(5-11)7(2)9(10)4-6;1-6-4-5-7(2)9(11-3)8(6)10;1-7-4-5-8(2)9(6-7)10-3;1-7-3-4-8(2)9(5-7)6-10;1-5-4-8(10)6(2)3-7(5)9;1-5-3-7(8)6(2)9-4-5;1-5-3-4-6(2)9-7(5)8/h4-5H,1-2H3;3-4H,1-2H3;4-5H,1-2H3;4-6H,1-2H3;3-5H,1-2H3;3-4H,1-2H3;2*3-4H,1-2H3. The Balaban J connectivity index is 0.000000463. The summed E-state index contributed by atoms with van der Waals surface area (Å²) < 4.78 is 76.4. The van der Waals surface area contributed by atoms with E-state index in [0.717, 1.165) is 55.9 Å². The zero-order valence-corrected chi connectivity index (χ0v) is 49.4. The number of rotatable bonds is 0. The van der Waals surface area contributed by atoms with E-state index in [1.54, 1.807) is 125 Å². The topological polar surface area (TPSA) is 86.4 Å². The van der Waals surface area contributed by atoms with Gasteiger partial charge in [0.25, 0.3) is 0 Å². The lowest BCUT2D eigenvalue weighted by atomic mass is 10.1. The van der Waals surface area contributed by atoms with Crippen LogP contribution in [0.4, 0.5) is 43.4 Å². The molecule has 0 radical (unpaired) electrons. The molecule has 7 nitrogen and oxygen atoms in total. The Morgan fingerprint density at radius 3 is 1.37 bits per heavy atom. The summed E-state index contributed by atoms with van der Waals surface area (Å²) in [7, 11) is 0. The molecule has 14 heteroatoms. The van der Waals surface area contributed by atoms with Gasteiger partial charge in [0.15, 0.2) is 11.4 Å². The number of benzene rings is 6. The third-order valence-corrected chi connectivity index (χ3v) is 12.0. The van der Waals surface area contributed by atoms with Crippen LogP contribution in [0.3, 0.4) is 0 Å². The average molecular weight is 1120 g/mol. The molecule has 0 saturated heterocycles. The average Bonchev–Trinajstić information content (AvgIpc) is 3.42. The van der Waals surface area contributed by atoms with Crippen molar-refractivity contribution in [3.05, 3.63) is 284 Å². The highest BCUT2D eigenvalue weighted by Gasteiger charge is 2.08. The number of nitriles is 2. The second-order valence-electron chi connectivity index (χ2n) is 18.8. The van der Waals surface area contributed by atoms with Gasteiger partial charge in [0.1, 0.15) is 29.1 Å². The van der Waals surface area contributed by atoms with Crippen molar-refractivity contribution < 1.29 is 26.3 Å². The van der Waals surface area contributed by atoms with Crippen molar-refractivity contribution in [1.82, 2.24) is 9.97 Å². The molecule has 0 N–H and O–H groups in total. The van der Waals surface area contributed by atoms with Crippen LogP contribution in [0.1, 0.15) is 100 Å². The van der Waals surface area contributed by atoms with Crippen LogP contribution in [0.15, 0.2) is 109 Å². The van der Waals surface area contributed by atoms with Crippen LogP contribution in [0.5, 0.6) is 0 Å². The lowest BCUT2D eigenvalue weighted by Crippen LogP contribution is -1.89. The van der Waals surface area contributed by atoms with Crippen molar-refractivity contribution in [3.63, 3.8) is 0 Å². The first-order chi connectivity index (χ1) is 37.9. The summed E-state index contributed by atoms with van der Waals surface area (Å²) in [6.07, 6.45) is 1.65. The molecule has 2 heterocycles. The number of halogens is 7. The zero-order valence-electron chi connectivity index (χ0n) is 48.7. The lowest BCUT2D eigenvalue weighted by Gasteiger charge is -2.00. The fourth-order valence-corrected chi connectivity index (χ4v) is 6.57. The van der Waals surface area contributed by atoms with Gasteiger partial charge < -0.3 is 0 Å². The minimum Gasteiger partial charge on any atom is -0.258 e. The van der Waals surface area contributed by atoms with Crippen LogP contribution in [0.25, 0.3) is 14.5 Å². The summed E-state index contributed by atoms with van der Waals surface area (Å²) in [5.74, 6) is -1.72. The number of aryl methyl sites for hydroxylation is 15. The van der Waals surface area contributed by atoms with Crippen molar-refractivity contribution >= 4 is 28.7 Å². The van der Waals surface area contributed by atoms with Crippen LogP contribution in [0.2, 0.25) is 5.02 Å². The molecule has 6 aromatic carbocycles. The first-order valence-electron chi connectivity index (χ1n) is 24.9. The second-order valence-corrected chi connectivity index (χ2v) is 19.2. The van der Waals surface area contributed by atoms with Crippen molar-refractivity contribution in [2.24, 2.45) is 0 Å². The maximum absolute atomic E-state index is 13.0. The molecule has 81 heavy (non-hydrogen) atoms. The number of aromatic nitrogens is 2. The number of hydrogen-bond acceptors (Lipinski definition) is 4. The molecule has 2 aromatic heterocycles. The van der Waals surface area contributed by atoms with Crippen molar-refractivity contribution in [1.29, 1.82) is 10.5 Å². The van der Waals surface area contributed by atoms with Gasteiger partial charge in [-0.1, -0.05) is 71.8 Å². The molecule has 0 atom stereocenters. The van der Waals surface area contributed by atoms with E-state index in [1.165, 1.54) is 24.3 Å². The number of hydrogen-bond donors (Lipinski definition) is 0. The van der Waals surface area contributed by atoms with E-state index in [0.29, 0.717) is 60.9 Å². The van der Waals surface area contributed by atoms with Crippen LogP contribution < -0.4 is 0 Å². The van der Waals surface area contributed by atoms with Crippen molar-refractivity contribution in [2.45, 2.75) is 111 Å². The first-order valence-corrected chi connectivity index (χ1v) is 25.3. The van der Waals surface area contributed by atoms with Gasteiger partial charge in [-0.05, 0) is 221 Å². The molecule has 8 rings (SSSR count). The van der Waals surface area contributed by atoms with Gasteiger partial charge >= 0.3 is 0 Å². The molecule has 0 aliphatic heterocycles. The summed E-state index contributed by atoms with van der Waals surface area (Å²) in [4.78, 5) is 17.2. The molecule has 0 bridgehead atoms. The minimum atomic E-state index is -0.389. The van der Waals surface area contributed by atoms with Crippen LogP contribution >= 0.6 is 11.6 Å². The van der Waals surface area contributed by atoms with E-state index in [4.69, 9.17) is 41.8 Å². The third kappa shape index (κ3) is 24.2. The highest BCUT2D eigenvalue weighted by Crippen LogP contribution is 2.25. The highest BCUT2D eigenvalue weighted by atomic mass is 35.5. The Hall–Kier alpha value is -9.06. The molecule has 0 aliphatic rings. The van der Waals surface area contributed by atoms with Crippen molar-refractivity contribution in [3.8, 4) is 12.1 Å². The second kappa shape index (κ2) is 34.7. The molecule has 418 valence electrons. The van der Waals surface area contributed by atoms with Crippen LogP contribution in [-0.2, 0) is 0 Å². The molecule has 0 amide bonds. The summed E-state index contributed by atoms with van der Waals surface area (Å²) in [6, 6.07) is 33.4. The van der Waals surface area contributed by atoms with Gasteiger partial charge in [-0.25, -0.2) is 41.5 Å². The summed E-state index contributed by atoms with van der Waals surface area (Å²) >= 11 is 5.72. The summed E-state index contributed by atoms with van der Waals surface area (Å²) in [5, 5.41) is 17.8. The maximum atomic E-state index is 13.0. The highest BCUT2D eigenvalue weighted by molar-refractivity contribution is 6.31. The predicted octanol–water partition coefficient (Wildman–Crippen LogP) is 20.1. The number of nitrogens with zero attached hydrogens (tertiary/aromatic N) is 7. The van der Waals surface area contributed by atoms with Gasteiger partial charge in [0.05, 0.1) is 48.7 Å². The van der Waals surface area contributed by atoms with Gasteiger partial charge in [-0.3, -0.25) is 4.98 Å². The fourth-order valence-electron chi connectivity index (χ4n) is 6.35. The molecule has 8 aromatic rings. The molecule has 0 fully saturated rings. The Bertz CT molecular complexity index is 3510. The Kier molecular flexibility index (Phi) is 30.0. The normalized spacial score (nSPS) is 9.36. The van der Waals surface area contributed by atoms with Crippen LogP contribution in [0, 0.1) is 188 Å². The van der Waals surface area contributed by atoms with Crippen molar-refractivity contribution in [2.75, 3.05) is 0 Å². The molecule has 0 saturated carbocycles. The smallest absolute Gasteiger partial charge is 0.225 e. The largest absolute Gasteiger partial charge is 0.258 e. The van der Waals surface area contributed by atoms with Gasteiger partial charge in [-0.2, -0.15) is 14.9 Å². The number of pyridine rings is 2. The van der Waals surface area contributed by atoms with E-state index < -0.39 is 0 Å². The van der Waals surface area contributed by atoms with E-state index in [-0.39, 0.29) is 40.7 Å². The lowest BCUT2D eigenvalue weighted by molar-refractivity contribution is 0.571. The predicted molar refractivity (Wildman–Crippen MR) is 316 cm³/mol. The molecule has 0 spiro atoms. The van der Waals surface area contributed by atoms with Gasteiger partial charge in [-0.15, -0.1) is 0 Å². The monoisotopic (exact) mass is 1120 g/mol. The van der Waals surface area contributed by atoms with E-state index in [1.807, 2.05) is 77.1 Å². The van der Waals surface area contributed by atoms with E-state index >= 15 is 0 Å².